The smallest absolute Gasteiger partial charge is 0.227 e. The molecule has 1 fully saturated rings. The molecule has 1 aromatic carbocycles. The fourth-order valence-electron chi connectivity index (χ4n) is 2.31. The van der Waals surface area contributed by atoms with E-state index in [1.165, 1.54) is 0 Å². The summed E-state index contributed by atoms with van der Waals surface area (Å²) in [7, 11) is 0. The fraction of sp³-hybridized carbons (Fsp3) is 0.500. The summed E-state index contributed by atoms with van der Waals surface area (Å²) in [4.78, 5) is 12.0. The molecular weight excluding hydrogens is 242 g/mol. The van der Waals surface area contributed by atoms with Gasteiger partial charge in [0.2, 0.25) is 5.91 Å². The van der Waals surface area contributed by atoms with E-state index in [2.05, 4.69) is 5.32 Å². The Morgan fingerprint density at radius 2 is 2.05 bits per heavy atom. The summed E-state index contributed by atoms with van der Waals surface area (Å²) < 4.78 is 5.37. The molecule has 5 heteroatoms. The van der Waals surface area contributed by atoms with Gasteiger partial charge in [0.15, 0.2) is 0 Å². The third-order valence-electron chi connectivity index (χ3n) is 3.35. The van der Waals surface area contributed by atoms with Crippen LogP contribution in [0.3, 0.4) is 0 Å². The van der Waals surface area contributed by atoms with Gasteiger partial charge in [-0.3, -0.25) is 4.79 Å². The minimum atomic E-state index is 0.0446. The van der Waals surface area contributed by atoms with Crippen molar-refractivity contribution in [1.29, 1.82) is 0 Å². The monoisotopic (exact) mass is 263 g/mol. The predicted octanol–water partition coefficient (Wildman–Crippen LogP) is 1.09. The molecule has 2 unspecified atom stereocenters. The molecule has 5 N–H and O–H groups in total. The van der Waals surface area contributed by atoms with Crippen molar-refractivity contribution in [1.82, 2.24) is 0 Å². The quantitative estimate of drug-likeness (QED) is 0.741. The predicted molar refractivity (Wildman–Crippen MR) is 74.9 cm³/mol. The molecule has 19 heavy (non-hydrogen) atoms. The van der Waals surface area contributed by atoms with Gasteiger partial charge in [-0.15, -0.1) is 0 Å². The van der Waals surface area contributed by atoms with Crippen LogP contribution in [0.2, 0.25) is 0 Å². The molecule has 1 saturated carbocycles. The first-order chi connectivity index (χ1) is 9.19. The van der Waals surface area contributed by atoms with Crippen LogP contribution in [0.1, 0.15) is 19.3 Å². The van der Waals surface area contributed by atoms with Crippen molar-refractivity contribution in [2.24, 2.45) is 17.4 Å². The molecule has 2 atom stereocenters. The maximum Gasteiger partial charge on any atom is 0.227 e. The summed E-state index contributed by atoms with van der Waals surface area (Å²) in [5.41, 5.74) is 12.0. The largest absolute Gasteiger partial charge is 0.492 e. The number of amides is 1. The lowest BCUT2D eigenvalue weighted by atomic mass is 10.1. The minimum Gasteiger partial charge on any atom is -0.492 e. The average Bonchev–Trinajstić information content (AvgIpc) is 2.85. The Balaban J connectivity index is 1.87. The first kappa shape index (κ1) is 13.8. The molecule has 1 aliphatic carbocycles. The summed E-state index contributed by atoms with van der Waals surface area (Å²) in [6.07, 6.45) is 2.60. The van der Waals surface area contributed by atoms with Crippen molar-refractivity contribution in [3.05, 3.63) is 24.3 Å². The molecule has 1 aromatic rings. The van der Waals surface area contributed by atoms with Gasteiger partial charge in [0.05, 0.1) is 0 Å². The highest BCUT2D eigenvalue weighted by Crippen LogP contribution is 2.25. The van der Waals surface area contributed by atoms with Crippen LogP contribution in [0.4, 0.5) is 5.69 Å². The molecule has 0 radical (unpaired) electrons. The van der Waals surface area contributed by atoms with E-state index in [-0.39, 0.29) is 17.9 Å². The topological polar surface area (TPSA) is 90.4 Å². The van der Waals surface area contributed by atoms with Crippen molar-refractivity contribution < 1.29 is 9.53 Å². The number of carbonyl (C=O) groups excluding carboxylic acids is 1. The summed E-state index contributed by atoms with van der Waals surface area (Å²) in [6, 6.07) is 7.48. The Morgan fingerprint density at radius 1 is 1.32 bits per heavy atom. The summed E-state index contributed by atoms with van der Waals surface area (Å²) in [6.45, 7) is 0.978. The molecule has 5 nitrogen and oxygen atoms in total. The molecule has 1 aliphatic rings. The lowest BCUT2D eigenvalue weighted by molar-refractivity contribution is -0.119. The van der Waals surface area contributed by atoms with Gasteiger partial charge in [0.25, 0.3) is 0 Å². The maximum atomic E-state index is 12.0. The molecule has 2 rings (SSSR count). The van der Waals surface area contributed by atoms with Gasteiger partial charge < -0.3 is 21.5 Å². The second kappa shape index (κ2) is 6.54. The SMILES string of the molecule is NCCOc1ccc(NC(=O)C2CCC(N)C2)cc1. The van der Waals surface area contributed by atoms with E-state index >= 15 is 0 Å². The Labute approximate surface area is 113 Å². The van der Waals surface area contributed by atoms with E-state index in [0.717, 1.165) is 30.7 Å². The van der Waals surface area contributed by atoms with Crippen molar-refractivity contribution in [2.75, 3.05) is 18.5 Å². The van der Waals surface area contributed by atoms with E-state index in [0.29, 0.717) is 13.2 Å². The highest BCUT2D eigenvalue weighted by atomic mass is 16.5. The molecule has 0 aliphatic heterocycles. The zero-order valence-electron chi connectivity index (χ0n) is 11.0. The van der Waals surface area contributed by atoms with Crippen LogP contribution in [-0.2, 0) is 4.79 Å². The summed E-state index contributed by atoms with van der Waals surface area (Å²) >= 11 is 0. The number of hydrogen-bond donors (Lipinski definition) is 3. The fourth-order valence-corrected chi connectivity index (χ4v) is 2.31. The number of anilines is 1. The van der Waals surface area contributed by atoms with E-state index in [9.17, 15) is 4.79 Å². The molecule has 0 aromatic heterocycles. The lowest BCUT2D eigenvalue weighted by Crippen LogP contribution is -2.23. The van der Waals surface area contributed by atoms with Crippen LogP contribution in [0.25, 0.3) is 0 Å². The second-order valence-corrected chi connectivity index (χ2v) is 4.92. The van der Waals surface area contributed by atoms with Crippen LogP contribution < -0.4 is 21.5 Å². The third kappa shape index (κ3) is 3.94. The lowest BCUT2D eigenvalue weighted by Gasteiger charge is -2.11. The summed E-state index contributed by atoms with van der Waals surface area (Å²) in [5, 5.41) is 2.91. The van der Waals surface area contributed by atoms with E-state index in [1.54, 1.807) is 0 Å². The van der Waals surface area contributed by atoms with Crippen molar-refractivity contribution in [3.63, 3.8) is 0 Å². The van der Waals surface area contributed by atoms with Crippen LogP contribution >= 0.6 is 0 Å². The van der Waals surface area contributed by atoms with Crippen molar-refractivity contribution in [2.45, 2.75) is 25.3 Å². The first-order valence-electron chi connectivity index (χ1n) is 6.68. The normalized spacial score (nSPS) is 22.2. The number of rotatable bonds is 5. The Morgan fingerprint density at radius 3 is 2.63 bits per heavy atom. The molecule has 1 amide bonds. The van der Waals surface area contributed by atoms with Gasteiger partial charge >= 0.3 is 0 Å². The number of hydrogen-bond acceptors (Lipinski definition) is 4. The van der Waals surface area contributed by atoms with Crippen LogP contribution in [0.15, 0.2) is 24.3 Å². The highest BCUT2D eigenvalue weighted by molar-refractivity contribution is 5.92. The van der Waals surface area contributed by atoms with E-state index in [1.807, 2.05) is 24.3 Å². The molecule has 0 bridgehead atoms. The van der Waals surface area contributed by atoms with Gasteiger partial charge in [0.1, 0.15) is 12.4 Å². The number of ether oxygens (including phenoxy) is 1. The Bertz CT molecular complexity index is 419. The molecular formula is C14H21N3O2. The Kier molecular flexibility index (Phi) is 4.76. The van der Waals surface area contributed by atoms with Gasteiger partial charge in [-0.05, 0) is 43.5 Å². The second-order valence-electron chi connectivity index (χ2n) is 4.92. The van der Waals surface area contributed by atoms with Gasteiger partial charge in [0, 0.05) is 24.2 Å². The first-order valence-corrected chi connectivity index (χ1v) is 6.68. The standard InChI is InChI=1S/C14H21N3O2/c15-7-8-19-13-5-3-12(4-6-13)17-14(18)10-1-2-11(16)9-10/h3-6,10-11H,1-2,7-9,15-16H2,(H,17,18). The number of benzene rings is 1. The zero-order chi connectivity index (χ0) is 13.7. The Hall–Kier alpha value is -1.59. The third-order valence-corrected chi connectivity index (χ3v) is 3.35. The molecule has 0 heterocycles. The van der Waals surface area contributed by atoms with Gasteiger partial charge in [-0.1, -0.05) is 0 Å². The maximum absolute atomic E-state index is 12.0. The van der Waals surface area contributed by atoms with Crippen LogP contribution in [-0.4, -0.2) is 25.1 Å². The average molecular weight is 263 g/mol. The van der Waals surface area contributed by atoms with Crippen LogP contribution in [0, 0.1) is 5.92 Å². The number of nitrogens with two attached hydrogens (primary N) is 2. The summed E-state index contributed by atoms with van der Waals surface area (Å²) in [5.74, 6) is 0.859. The minimum absolute atomic E-state index is 0.0446. The van der Waals surface area contributed by atoms with Crippen molar-refractivity contribution >= 4 is 11.6 Å². The number of nitrogens with one attached hydrogen (secondary N) is 1. The van der Waals surface area contributed by atoms with E-state index < -0.39 is 0 Å². The van der Waals surface area contributed by atoms with Gasteiger partial charge in [-0.2, -0.15) is 0 Å². The highest BCUT2D eigenvalue weighted by Gasteiger charge is 2.27. The van der Waals surface area contributed by atoms with E-state index in [4.69, 9.17) is 16.2 Å². The molecule has 104 valence electrons. The zero-order valence-corrected chi connectivity index (χ0v) is 11.0. The molecule has 0 spiro atoms. The number of carbonyl (C=O) groups is 1. The van der Waals surface area contributed by atoms with Crippen molar-refractivity contribution in [3.8, 4) is 5.75 Å². The molecule has 0 saturated heterocycles. The van der Waals surface area contributed by atoms with Crippen LogP contribution in [0.5, 0.6) is 5.75 Å². The van der Waals surface area contributed by atoms with Gasteiger partial charge in [-0.25, -0.2) is 0 Å².